The summed E-state index contributed by atoms with van der Waals surface area (Å²) in [6, 6.07) is 18.0. The molecular formula is C23H26ClN3O2. The zero-order valence-corrected chi connectivity index (χ0v) is 17.2. The number of likely N-dealkylation sites (tertiary alicyclic amines) is 1. The highest BCUT2D eigenvalue weighted by Crippen LogP contribution is 2.27. The molecule has 2 saturated heterocycles. The van der Waals surface area contributed by atoms with Crippen LogP contribution < -0.4 is 4.90 Å². The average Bonchev–Trinajstić information content (AvgIpc) is 3.13. The van der Waals surface area contributed by atoms with Crippen molar-refractivity contribution in [3.8, 4) is 0 Å². The Balaban J connectivity index is 1.29. The molecule has 2 aromatic carbocycles. The fraction of sp³-hybridized carbons (Fsp3) is 0.391. The normalized spacial score (nSPS) is 19.7. The second-order valence-corrected chi connectivity index (χ2v) is 8.15. The first-order chi connectivity index (χ1) is 14.1. The predicted molar refractivity (Wildman–Crippen MR) is 115 cm³/mol. The van der Waals surface area contributed by atoms with Crippen LogP contribution in [0.15, 0.2) is 54.6 Å². The number of halogens is 1. The van der Waals surface area contributed by atoms with Gasteiger partial charge in [0.25, 0.3) is 0 Å². The lowest BCUT2D eigenvalue weighted by Crippen LogP contribution is -2.50. The van der Waals surface area contributed by atoms with Crippen LogP contribution in [0.25, 0.3) is 0 Å². The first-order valence-corrected chi connectivity index (χ1v) is 10.6. The smallest absolute Gasteiger partial charge is 0.228 e. The van der Waals surface area contributed by atoms with Gasteiger partial charge in [0.15, 0.2) is 0 Å². The highest BCUT2D eigenvalue weighted by atomic mass is 35.5. The van der Waals surface area contributed by atoms with Gasteiger partial charge in [-0.15, -0.1) is 0 Å². The average molecular weight is 412 g/mol. The topological polar surface area (TPSA) is 43.9 Å². The summed E-state index contributed by atoms with van der Waals surface area (Å²) in [4.78, 5) is 31.4. The third-order valence-electron chi connectivity index (χ3n) is 5.86. The number of anilines is 1. The van der Waals surface area contributed by atoms with E-state index in [1.54, 1.807) is 0 Å². The van der Waals surface area contributed by atoms with Crippen molar-refractivity contribution in [2.45, 2.75) is 12.8 Å². The number of benzene rings is 2. The van der Waals surface area contributed by atoms with Gasteiger partial charge in [-0.05, 0) is 24.1 Å². The molecule has 2 amide bonds. The van der Waals surface area contributed by atoms with Crippen molar-refractivity contribution < 1.29 is 9.59 Å². The van der Waals surface area contributed by atoms with E-state index in [2.05, 4.69) is 17.0 Å². The highest BCUT2D eigenvalue weighted by Gasteiger charge is 2.37. The zero-order valence-electron chi connectivity index (χ0n) is 16.5. The molecule has 4 rings (SSSR count). The van der Waals surface area contributed by atoms with Crippen LogP contribution in [-0.4, -0.2) is 60.9 Å². The van der Waals surface area contributed by atoms with Crippen LogP contribution in [0, 0.1) is 5.92 Å². The van der Waals surface area contributed by atoms with Crippen LogP contribution in [-0.2, 0) is 16.0 Å². The maximum absolute atomic E-state index is 13.0. The Bertz CT molecular complexity index is 865. The molecule has 0 radical (unpaired) electrons. The van der Waals surface area contributed by atoms with Crippen molar-refractivity contribution in [3.63, 3.8) is 0 Å². The van der Waals surface area contributed by atoms with Crippen LogP contribution >= 0.6 is 11.6 Å². The van der Waals surface area contributed by atoms with Gasteiger partial charge in [0.1, 0.15) is 0 Å². The molecule has 5 nitrogen and oxygen atoms in total. The molecule has 2 fully saturated rings. The number of rotatable bonds is 5. The molecule has 0 spiro atoms. The molecular weight excluding hydrogens is 386 g/mol. The maximum atomic E-state index is 13.0. The molecule has 0 saturated carbocycles. The molecule has 2 aliphatic rings. The fourth-order valence-electron chi connectivity index (χ4n) is 4.20. The number of carbonyl (C=O) groups is 2. The van der Waals surface area contributed by atoms with Crippen LogP contribution in [0.2, 0.25) is 5.02 Å². The number of carbonyl (C=O) groups excluding carboxylic acids is 2. The quantitative estimate of drug-likeness (QED) is 0.759. The van der Waals surface area contributed by atoms with E-state index >= 15 is 0 Å². The summed E-state index contributed by atoms with van der Waals surface area (Å²) < 4.78 is 0. The maximum Gasteiger partial charge on any atom is 0.228 e. The Morgan fingerprint density at radius 1 is 0.966 bits per heavy atom. The van der Waals surface area contributed by atoms with Crippen molar-refractivity contribution in [1.82, 2.24) is 9.80 Å². The first-order valence-electron chi connectivity index (χ1n) is 10.2. The molecule has 29 heavy (non-hydrogen) atoms. The van der Waals surface area contributed by atoms with Gasteiger partial charge in [-0.1, -0.05) is 54.1 Å². The van der Waals surface area contributed by atoms with Crippen LogP contribution in [0.5, 0.6) is 0 Å². The minimum atomic E-state index is -0.217. The third kappa shape index (κ3) is 4.56. The number of amides is 2. The summed E-state index contributed by atoms with van der Waals surface area (Å²) in [6.45, 7) is 4.06. The van der Waals surface area contributed by atoms with Gasteiger partial charge < -0.3 is 14.7 Å². The van der Waals surface area contributed by atoms with Gasteiger partial charge in [0.2, 0.25) is 11.8 Å². The van der Waals surface area contributed by atoms with E-state index in [1.165, 1.54) is 5.56 Å². The van der Waals surface area contributed by atoms with Crippen molar-refractivity contribution >= 4 is 29.1 Å². The van der Waals surface area contributed by atoms with Crippen molar-refractivity contribution in [2.24, 2.45) is 5.92 Å². The number of nitrogens with zero attached hydrogens (tertiary/aromatic N) is 3. The molecule has 0 aliphatic carbocycles. The lowest BCUT2D eigenvalue weighted by atomic mass is 10.1. The van der Waals surface area contributed by atoms with E-state index < -0.39 is 0 Å². The standard InChI is InChI=1S/C23H26ClN3O2/c24-20-8-4-5-9-21(20)25-12-14-26(15-13-25)23(29)19-16-22(28)27(17-19)11-10-18-6-2-1-3-7-18/h1-9,19H,10-17H2/t19-/m1/s1. The number of hydrogen-bond acceptors (Lipinski definition) is 3. The van der Waals surface area contributed by atoms with E-state index in [9.17, 15) is 9.59 Å². The van der Waals surface area contributed by atoms with E-state index in [1.807, 2.05) is 52.3 Å². The summed E-state index contributed by atoms with van der Waals surface area (Å²) in [5.74, 6) is -0.0153. The summed E-state index contributed by atoms with van der Waals surface area (Å²) in [7, 11) is 0. The highest BCUT2D eigenvalue weighted by molar-refractivity contribution is 6.33. The summed E-state index contributed by atoms with van der Waals surface area (Å²) in [5, 5.41) is 0.739. The third-order valence-corrected chi connectivity index (χ3v) is 6.18. The molecule has 0 aromatic heterocycles. The van der Waals surface area contributed by atoms with E-state index in [0.717, 1.165) is 30.2 Å². The Hall–Kier alpha value is -2.53. The van der Waals surface area contributed by atoms with Crippen LogP contribution in [0.3, 0.4) is 0 Å². The van der Waals surface area contributed by atoms with Crippen molar-refractivity contribution in [2.75, 3.05) is 44.2 Å². The van der Waals surface area contributed by atoms with Crippen LogP contribution in [0.1, 0.15) is 12.0 Å². The van der Waals surface area contributed by atoms with Crippen molar-refractivity contribution in [3.05, 3.63) is 65.2 Å². The molecule has 6 heteroatoms. The minimum absolute atomic E-state index is 0.0917. The Labute approximate surface area is 176 Å². The summed E-state index contributed by atoms with van der Waals surface area (Å²) in [5.41, 5.74) is 2.23. The largest absolute Gasteiger partial charge is 0.367 e. The zero-order chi connectivity index (χ0) is 20.2. The molecule has 0 bridgehead atoms. The molecule has 2 aromatic rings. The lowest BCUT2D eigenvalue weighted by Gasteiger charge is -2.37. The van der Waals surface area contributed by atoms with Gasteiger partial charge in [0, 0.05) is 45.7 Å². The van der Waals surface area contributed by atoms with Gasteiger partial charge in [-0.25, -0.2) is 0 Å². The van der Waals surface area contributed by atoms with Gasteiger partial charge >= 0.3 is 0 Å². The lowest BCUT2D eigenvalue weighted by molar-refractivity contribution is -0.136. The summed E-state index contributed by atoms with van der Waals surface area (Å²) >= 11 is 6.30. The van der Waals surface area contributed by atoms with Gasteiger partial charge in [-0.2, -0.15) is 0 Å². The second kappa shape index (κ2) is 8.87. The molecule has 152 valence electrons. The van der Waals surface area contributed by atoms with Gasteiger partial charge in [-0.3, -0.25) is 9.59 Å². The molecule has 2 heterocycles. The van der Waals surface area contributed by atoms with E-state index in [4.69, 9.17) is 11.6 Å². The van der Waals surface area contributed by atoms with Gasteiger partial charge in [0.05, 0.1) is 16.6 Å². The number of para-hydroxylation sites is 1. The monoisotopic (exact) mass is 411 g/mol. The number of hydrogen-bond donors (Lipinski definition) is 0. The summed E-state index contributed by atoms with van der Waals surface area (Å²) in [6.07, 6.45) is 1.16. The predicted octanol–water partition coefficient (Wildman–Crippen LogP) is 3.08. The van der Waals surface area contributed by atoms with Crippen LogP contribution in [0.4, 0.5) is 5.69 Å². The molecule has 0 unspecified atom stereocenters. The molecule has 2 aliphatic heterocycles. The minimum Gasteiger partial charge on any atom is -0.367 e. The number of piperazine rings is 1. The Kier molecular flexibility index (Phi) is 6.05. The fourth-order valence-corrected chi connectivity index (χ4v) is 4.45. The Morgan fingerprint density at radius 2 is 1.66 bits per heavy atom. The molecule has 1 atom stereocenters. The SMILES string of the molecule is O=C1C[C@@H](C(=O)N2CCN(c3ccccc3Cl)CC2)CN1CCc1ccccc1. The van der Waals surface area contributed by atoms with E-state index in [-0.39, 0.29) is 17.7 Å². The Morgan fingerprint density at radius 3 is 2.38 bits per heavy atom. The molecule has 0 N–H and O–H groups in total. The second-order valence-electron chi connectivity index (χ2n) is 7.74. The first kappa shape index (κ1) is 19.8. The van der Waals surface area contributed by atoms with Crippen molar-refractivity contribution in [1.29, 1.82) is 0 Å². The van der Waals surface area contributed by atoms with E-state index in [0.29, 0.717) is 32.6 Å².